The fourth-order valence-electron chi connectivity index (χ4n) is 3.22. The summed E-state index contributed by atoms with van der Waals surface area (Å²) in [6.45, 7) is 0.978. The number of methoxy groups -OCH3 is 1. The third kappa shape index (κ3) is 2.93. The Labute approximate surface area is 125 Å². The van der Waals surface area contributed by atoms with Crippen molar-refractivity contribution in [1.82, 2.24) is 5.32 Å². The van der Waals surface area contributed by atoms with E-state index in [4.69, 9.17) is 4.74 Å². The molecule has 1 saturated heterocycles. The minimum atomic E-state index is -0.222. The summed E-state index contributed by atoms with van der Waals surface area (Å²) in [5.41, 5.74) is 1.04. The van der Waals surface area contributed by atoms with E-state index in [0.717, 1.165) is 18.5 Å². The van der Waals surface area contributed by atoms with E-state index in [1.165, 1.54) is 30.7 Å². The van der Waals surface area contributed by atoms with E-state index in [1.807, 2.05) is 12.1 Å². The molecule has 1 fully saturated rings. The molecule has 110 valence electrons. The van der Waals surface area contributed by atoms with Gasteiger partial charge in [0, 0.05) is 6.04 Å². The molecule has 0 amide bonds. The van der Waals surface area contributed by atoms with Crippen molar-refractivity contribution in [3.05, 3.63) is 48.0 Å². The molecule has 1 aliphatic rings. The van der Waals surface area contributed by atoms with Gasteiger partial charge in [0.15, 0.2) is 0 Å². The summed E-state index contributed by atoms with van der Waals surface area (Å²) in [4.78, 5) is 12.3. The van der Waals surface area contributed by atoms with E-state index in [1.54, 1.807) is 0 Å². The van der Waals surface area contributed by atoms with Crippen LogP contribution in [0, 0.1) is 0 Å². The van der Waals surface area contributed by atoms with Gasteiger partial charge in [0.05, 0.1) is 13.0 Å². The zero-order valence-corrected chi connectivity index (χ0v) is 12.3. The van der Waals surface area contributed by atoms with Crippen LogP contribution in [0.1, 0.15) is 30.7 Å². The Bertz CT molecular complexity index is 632. The largest absolute Gasteiger partial charge is 0.469 e. The molecule has 0 spiro atoms. The molecular weight excluding hydrogens is 262 g/mol. The fourth-order valence-corrected chi connectivity index (χ4v) is 3.22. The maximum atomic E-state index is 12.3. The van der Waals surface area contributed by atoms with Crippen molar-refractivity contribution in [2.24, 2.45) is 0 Å². The predicted molar refractivity (Wildman–Crippen MR) is 84.3 cm³/mol. The first-order valence-corrected chi connectivity index (χ1v) is 7.59. The molecule has 21 heavy (non-hydrogen) atoms. The third-order valence-electron chi connectivity index (χ3n) is 4.34. The second kappa shape index (κ2) is 6.27. The first-order valence-electron chi connectivity index (χ1n) is 7.59. The molecule has 0 bridgehead atoms. The van der Waals surface area contributed by atoms with Crippen LogP contribution < -0.4 is 5.32 Å². The molecule has 0 saturated carbocycles. The Kier molecular flexibility index (Phi) is 4.20. The Morgan fingerprint density at radius 2 is 2.00 bits per heavy atom. The van der Waals surface area contributed by atoms with Crippen LogP contribution in [-0.4, -0.2) is 25.7 Å². The molecule has 1 unspecified atom stereocenters. The monoisotopic (exact) mass is 283 g/mol. The zero-order chi connectivity index (χ0) is 14.7. The summed E-state index contributed by atoms with van der Waals surface area (Å²) in [5, 5.41) is 5.84. The smallest absolute Gasteiger partial charge is 0.314 e. The number of hydrogen-bond donors (Lipinski definition) is 1. The molecule has 1 heterocycles. The number of piperidine rings is 1. The number of esters is 1. The fraction of sp³-hybridized carbons (Fsp3) is 0.389. The maximum Gasteiger partial charge on any atom is 0.314 e. The molecule has 0 aliphatic carbocycles. The predicted octanol–water partition coefficient (Wildman–Crippen LogP) is 3.24. The van der Waals surface area contributed by atoms with E-state index in [9.17, 15) is 4.79 Å². The van der Waals surface area contributed by atoms with Gasteiger partial charge in [-0.05, 0) is 35.7 Å². The highest BCUT2D eigenvalue weighted by atomic mass is 16.5. The number of benzene rings is 2. The summed E-state index contributed by atoms with van der Waals surface area (Å²) in [6.07, 6.45) is 3.37. The molecule has 3 rings (SSSR count). The van der Waals surface area contributed by atoms with Crippen LogP contribution >= 0.6 is 0 Å². The quantitative estimate of drug-likeness (QED) is 0.879. The number of rotatable bonds is 3. The SMILES string of the molecule is COC(=O)[C@H](c1ccc2ccccc2c1)C1CCCCN1. The van der Waals surface area contributed by atoms with Crippen molar-refractivity contribution in [3.8, 4) is 0 Å². The van der Waals surface area contributed by atoms with Crippen LogP contribution in [0.5, 0.6) is 0 Å². The average molecular weight is 283 g/mol. The molecule has 0 aromatic heterocycles. The first kappa shape index (κ1) is 14.1. The van der Waals surface area contributed by atoms with Gasteiger partial charge in [-0.2, -0.15) is 0 Å². The molecule has 1 aliphatic heterocycles. The number of ether oxygens (including phenoxy) is 1. The molecule has 0 radical (unpaired) electrons. The van der Waals surface area contributed by atoms with Crippen molar-refractivity contribution in [2.45, 2.75) is 31.2 Å². The van der Waals surface area contributed by atoms with Gasteiger partial charge in [-0.3, -0.25) is 4.79 Å². The molecular formula is C18H21NO2. The lowest BCUT2D eigenvalue weighted by molar-refractivity contribution is -0.143. The Morgan fingerprint density at radius 3 is 2.71 bits per heavy atom. The molecule has 3 nitrogen and oxygen atoms in total. The minimum Gasteiger partial charge on any atom is -0.469 e. The standard InChI is InChI=1S/C18H21NO2/c1-21-18(20)17(16-8-4-5-11-19-16)15-10-9-13-6-2-3-7-14(13)12-15/h2-3,6-7,9-10,12,16-17,19H,4-5,8,11H2,1H3/t16?,17-/m1/s1. The topological polar surface area (TPSA) is 38.3 Å². The van der Waals surface area contributed by atoms with Crippen molar-refractivity contribution >= 4 is 16.7 Å². The van der Waals surface area contributed by atoms with Gasteiger partial charge in [0.2, 0.25) is 0 Å². The first-order chi connectivity index (χ1) is 10.3. The van der Waals surface area contributed by atoms with Crippen LogP contribution in [0.3, 0.4) is 0 Å². The molecule has 2 atom stereocenters. The summed E-state index contributed by atoms with van der Waals surface area (Å²) in [5.74, 6) is -0.371. The maximum absolute atomic E-state index is 12.3. The van der Waals surface area contributed by atoms with Crippen molar-refractivity contribution < 1.29 is 9.53 Å². The highest BCUT2D eigenvalue weighted by Gasteiger charge is 2.31. The van der Waals surface area contributed by atoms with Crippen LogP contribution in [0.25, 0.3) is 10.8 Å². The lowest BCUT2D eigenvalue weighted by Gasteiger charge is -2.30. The molecule has 2 aromatic carbocycles. The number of nitrogens with one attached hydrogen (secondary N) is 1. The van der Waals surface area contributed by atoms with Gasteiger partial charge in [-0.25, -0.2) is 0 Å². The lowest BCUT2D eigenvalue weighted by Crippen LogP contribution is -2.42. The van der Waals surface area contributed by atoms with Crippen LogP contribution in [0.15, 0.2) is 42.5 Å². The van der Waals surface area contributed by atoms with Gasteiger partial charge in [-0.1, -0.05) is 48.9 Å². The molecule has 2 aromatic rings. The van der Waals surface area contributed by atoms with E-state index in [-0.39, 0.29) is 17.9 Å². The third-order valence-corrected chi connectivity index (χ3v) is 4.34. The van der Waals surface area contributed by atoms with Crippen molar-refractivity contribution in [3.63, 3.8) is 0 Å². The minimum absolute atomic E-state index is 0.148. The number of fused-ring (bicyclic) bond motifs is 1. The van der Waals surface area contributed by atoms with E-state index >= 15 is 0 Å². The van der Waals surface area contributed by atoms with E-state index in [0.29, 0.717) is 0 Å². The summed E-state index contributed by atoms with van der Waals surface area (Å²) < 4.78 is 5.05. The van der Waals surface area contributed by atoms with Crippen molar-refractivity contribution in [2.75, 3.05) is 13.7 Å². The summed E-state index contributed by atoms with van der Waals surface area (Å²) in [6, 6.07) is 14.7. The Hall–Kier alpha value is -1.87. The normalized spacial score (nSPS) is 20.1. The number of hydrogen-bond acceptors (Lipinski definition) is 3. The van der Waals surface area contributed by atoms with Gasteiger partial charge in [0.1, 0.15) is 0 Å². The van der Waals surface area contributed by atoms with Gasteiger partial charge in [0.25, 0.3) is 0 Å². The lowest BCUT2D eigenvalue weighted by atomic mass is 9.85. The van der Waals surface area contributed by atoms with E-state index < -0.39 is 0 Å². The second-order valence-corrected chi connectivity index (χ2v) is 5.66. The molecule has 1 N–H and O–H groups in total. The van der Waals surface area contributed by atoms with Gasteiger partial charge in [-0.15, -0.1) is 0 Å². The average Bonchev–Trinajstić information content (AvgIpc) is 2.56. The molecule has 3 heteroatoms. The summed E-state index contributed by atoms with van der Waals surface area (Å²) >= 11 is 0. The van der Waals surface area contributed by atoms with Crippen LogP contribution in [0.2, 0.25) is 0 Å². The highest BCUT2D eigenvalue weighted by molar-refractivity contribution is 5.86. The van der Waals surface area contributed by atoms with Crippen LogP contribution in [0.4, 0.5) is 0 Å². The zero-order valence-electron chi connectivity index (χ0n) is 12.3. The van der Waals surface area contributed by atoms with E-state index in [2.05, 4.69) is 35.6 Å². The highest BCUT2D eigenvalue weighted by Crippen LogP contribution is 2.29. The number of carbonyl (C=O) groups excluding carboxylic acids is 1. The van der Waals surface area contributed by atoms with Gasteiger partial charge < -0.3 is 10.1 Å². The van der Waals surface area contributed by atoms with Gasteiger partial charge >= 0.3 is 5.97 Å². The number of carbonyl (C=O) groups is 1. The Balaban J connectivity index is 1.98. The summed E-state index contributed by atoms with van der Waals surface area (Å²) in [7, 11) is 1.47. The Morgan fingerprint density at radius 1 is 1.19 bits per heavy atom. The van der Waals surface area contributed by atoms with Crippen molar-refractivity contribution in [1.29, 1.82) is 0 Å². The second-order valence-electron chi connectivity index (χ2n) is 5.66. The van der Waals surface area contributed by atoms with Crippen LogP contribution in [-0.2, 0) is 9.53 Å².